The molecule has 0 spiro atoms. The molecule has 1 amide bonds. The fourth-order valence-electron chi connectivity index (χ4n) is 2.03. The van der Waals surface area contributed by atoms with Gasteiger partial charge in [0.2, 0.25) is 0 Å². The summed E-state index contributed by atoms with van der Waals surface area (Å²) in [6, 6.07) is 11.7. The van der Waals surface area contributed by atoms with Crippen molar-refractivity contribution in [1.29, 1.82) is 0 Å². The number of amides is 1. The average Bonchev–Trinajstić information content (AvgIpc) is 2.97. The number of aryl methyl sites for hydroxylation is 1. The number of carbonyl (C=O) groups is 1. The van der Waals surface area contributed by atoms with E-state index in [0.717, 1.165) is 11.1 Å². The van der Waals surface area contributed by atoms with E-state index in [1.807, 2.05) is 55.6 Å². The van der Waals surface area contributed by atoms with Gasteiger partial charge in [0.15, 0.2) is 0 Å². The van der Waals surface area contributed by atoms with Gasteiger partial charge < -0.3 is 15.2 Å². The Kier molecular flexibility index (Phi) is 6.12. The summed E-state index contributed by atoms with van der Waals surface area (Å²) < 4.78 is 5.64. The van der Waals surface area contributed by atoms with Crippen LogP contribution in [0.25, 0.3) is 0 Å². The standard InChI is InChI=1S/C17H21NO3S/c1-12-8-9-22-16(12)17(20)18-10-15(19)11-21-13(2)14-6-4-3-5-7-14/h3-9,13,15,19H,10-11H2,1-2H3,(H,18,20). The maximum absolute atomic E-state index is 11.9. The van der Waals surface area contributed by atoms with Gasteiger partial charge in [-0.05, 0) is 36.4 Å². The fourth-order valence-corrected chi connectivity index (χ4v) is 2.87. The van der Waals surface area contributed by atoms with E-state index in [-0.39, 0.29) is 25.2 Å². The van der Waals surface area contributed by atoms with Crippen LogP contribution in [0.5, 0.6) is 0 Å². The molecule has 2 rings (SSSR count). The maximum Gasteiger partial charge on any atom is 0.261 e. The Morgan fingerprint density at radius 3 is 2.68 bits per heavy atom. The van der Waals surface area contributed by atoms with Crippen LogP contribution in [0.1, 0.15) is 33.8 Å². The Hall–Kier alpha value is -1.69. The van der Waals surface area contributed by atoms with E-state index < -0.39 is 6.10 Å². The van der Waals surface area contributed by atoms with Crippen LogP contribution >= 0.6 is 11.3 Å². The third-order valence-electron chi connectivity index (χ3n) is 3.37. The third kappa shape index (κ3) is 4.66. The highest BCUT2D eigenvalue weighted by molar-refractivity contribution is 7.12. The predicted molar refractivity (Wildman–Crippen MR) is 88.2 cm³/mol. The van der Waals surface area contributed by atoms with Crippen molar-refractivity contribution in [3.8, 4) is 0 Å². The molecule has 2 aromatic rings. The minimum atomic E-state index is -0.726. The van der Waals surface area contributed by atoms with E-state index in [2.05, 4.69) is 5.32 Å². The smallest absolute Gasteiger partial charge is 0.261 e. The Bertz CT molecular complexity index is 597. The largest absolute Gasteiger partial charge is 0.389 e. The predicted octanol–water partition coefficient (Wildman–Crippen LogP) is 2.93. The number of benzene rings is 1. The van der Waals surface area contributed by atoms with Gasteiger partial charge in [0.1, 0.15) is 0 Å². The highest BCUT2D eigenvalue weighted by Crippen LogP contribution is 2.16. The lowest BCUT2D eigenvalue weighted by Crippen LogP contribution is -2.34. The maximum atomic E-state index is 11.9. The summed E-state index contributed by atoms with van der Waals surface area (Å²) >= 11 is 1.40. The van der Waals surface area contributed by atoms with E-state index in [9.17, 15) is 9.90 Å². The normalized spacial score (nSPS) is 13.6. The zero-order valence-corrected chi connectivity index (χ0v) is 13.6. The summed E-state index contributed by atoms with van der Waals surface area (Å²) in [4.78, 5) is 12.6. The van der Waals surface area contributed by atoms with Gasteiger partial charge in [-0.2, -0.15) is 0 Å². The van der Waals surface area contributed by atoms with Crippen LogP contribution in [0.2, 0.25) is 0 Å². The number of aliphatic hydroxyl groups is 1. The molecule has 0 aliphatic rings. The van der Waals surface area contributed by atoms with Gasteiger partial charge in [-0.15, -0.1) is 11.3 Å². The molecule has 0 radical (unpaired) electrons. The molecule has 4 nitrogen and oxygen atoms in total. The lowest BCUT2D eigenvalue weighted by Gasteiger charge is -2.17. The van der Waals surface area contributed by atoms with Gasteiger partial charge in [-0.25, -0.2) is 0 Å². The van der Waals surface area contributed by atoms with Gasteiger partial charge in [0, 0.05) is 6.54 Å². The average molecular weight is 319 g/mol. The number of thiophene rings is 1. The zero-order chi connectivity index (χ0) is 15.9. The first kappa shape index (κ1) is 16.7. The van der Waals surface area contributed by atoms with Crippen LogP contribution in [0.3, 0.4) is 0 Å². The lowest BCUT2D eigenvalue weighted by molar-refractivity contribution is -0.00170. The second-order valence-corrected chi connectivity index (χ2v) is 6.10. The molecule has 118 valence electrons. The molecule has 2 N–H and O–H groups in total. The molecular weight excluding hydrogens is 298 g/mol. The molecule has 2 atom stereocenters. The molecule has 1 aromatic heterocycles. The molecule has 1 heterocycles. The molecule has 0 aliphatic carbocycles. The molecule has 22 heavy (non-hydrogen) atoms. The first-order chi connectivity index (χ1) is 10.6. The number of aliphatic hydroxyl groups excluding tert-OH is 1. The van der Waals surface area contributed by atoms with E-state index in [0.29, 0.717) is 4.88 Å². The van der Waals surface area contributed by atoms with Crippen molar-refractivity contribution < 1.29 is 14.6 Å². The lowest BCUT2D eigenvalue weighted by atomic mass is 10.1. The van der Waals surface area contributed by atoms with E-state index >= 15 is 0 Å². The molecule has 0 aliphatic heterocycles. The fraction of sp³-hybridized carbons (Fsp3) is 0.353. The Labute approximate surface area is 134 Å². The summed E-state index contributed by atoms with van der Waals surface area (Å²) in [5.41, 5.74) is 2.01. The molecule has 0 saturated heterocycles. The van der Waals surface area contributed by atoms with Crippen molar-refractivity contribution >= 4 is 17.2 Å². The van der Waals surface area contributed by atoms with Crippen molar-refractivity contribution in [3.63, 3.8) is 0 Å². The van der Waals surface area contributed by atoms with Gasteiger partial charge in [-0.1, -0.05) is 30.3 Å². The number of carbonyl (C=O) groups excluding carboxylic acids is 1. The Morgan fingerprint density at radius 2 is 2.05 bits per heavy atom. The third-order valence-corrected chi connectivity index (χ3v) is 4.39. The molecule has 2 unspecified atom stereocenters. The monoisotopic (exact) mass is 319 g/mol. The van der Waals surface area contributed by atoms with Crippen molar-refractivity contribution in [2.75, 3.05) is 13.2 Å². The van der Waals surface area contributed by atoms with Crippen LogP contribution in [-0.4, -0.2) is 30.3 Å². The van der Waals surface area contributed by atoms with Crippen LogP contribution in [0.4, 0.5) is 0 Å². The van der Waals surface area contributed by atoms with E-state index in [4.69, 9.17) is 4.74 Å². The van der Waals surface area contributed by atoms with Gasteiger partial charge in [-0.3, -0.25) is 4.79 Å². The number of hydrogen-bond donors (Lipinski definition) is 2. The van der Waals surface area contributed by atoms with Crippen LogP contribution in [0.15, 0.2) is 41.8 Å². The highest BCUT2D eigenvalue weighted by atomic mass is 32.1. The summed E-state index contributed by atoms with van der Waals surface area (Å²) in [5, 5.41) is 14.5. The van der Waals surface area contributed by atoms with Gasteiger partial charge >= 0.3 is 0 Å². The molecule has 0 bridgehead atoms. The second-order valence-electron chi connectivity index (χ2n) is 5.18. The van der Waals surface area contributed by atoms with Gasteiger partial charge in [0.25, 0.3) is 5.91 Å². The summed E-state index contributed by atoms with van der Waals surface area (Å²) in [7, 11) is 0. The van der Waals surface area contributed by atoms with Gasteiger partial charge in [0.05, 0.1) is 23.7 Å². The quantitative estimate of drug-likeness (QED) is 0.825. The Balaban J connectivity index is 1.73. The summed E-state index contributed by atoms with van der Waals surface area (Å²) in [6.45, 7) is 4.19. The number of hydrogen-bond acceptors (Lipinski definition) is 4. The zero-order valence-electron chi connectivity index (χ0n) is 12.8. The molecule has 0 saturated carbocycles. The SMILES string of the molecule is Cc1ccsc1C(=O)NCC(O)COC(C)c1ccccc1. The van der Waals surface area contributed by atoms with Crippen LogP contribution in [0, 0.1) is 6.92 Å². The number of rotatable bonds is 7. The number of ether oxygens (including phenoxy) is 1. The molecule has 0 fully saturated rings. The van der Waals surface area contributed by atoms with Crippen LogP contribution < -0.4 is 5.32 Å². The molecular formula is C17H21NO3S. The molecule has 1 aromatic carbocycles. The van der Waals surface area contributed by atoms with E-state index in [1.165, 1.54) is 11.3 Å². The summed E-state index contributed by atoms with van der Waals surface area (Å²) in [5.74, 6) is -0.150. The van der Waals surface area contributed by atoms with Crippen molar-refractivity contribution in [2.24, 2.45) is 0 Å². The van der Waals surface area contributed by atoms with E-state index in [1.54, 1.807) is 0 Å². The first-order valence-electron chi connectivity index (χ1n) is 7.25. The minimum absolute atomic E-state index is 0.0916. The van der Waals surface area contributed by atoms with Crippen molar-refractivity contribution in [2.45, 2.75) is 26.1 Å². The minimum Gasteiger partial charge on any atom is -0.389 e. The molecule has 5 heteroatoms. The summed E-state index contributed by atoms with van der Waals surface area (Å²) in [6.07, 6.45) is -0.818. The second kappa shape index (κ2) is 8.08. The number of nitrogens with one attached hydrogen (secondary N) is 1. The van der Waals surface area contributed by atoms with Crippen molar-refractivity contribution in [3.05, 3.63) is 57.8 Å². The first-order valence-corrected chi connectivity index (χ1v) is 8.12. The topological polar surface area (TPSA) is 58.6 Å². The highest BCUT2D eigenvalue weighted by Gasteiger charge is 2.13. The van der Waals surface area contributed by atoms with Crippen LogP contribution in [-0.2, 0) is 4.74 Å². The van der Waals surface area contributed by atoms with Crippen molar-refractivity contribution in [1.82, 2.24) is 5.32 Å². The Morgan fingerprint density at radius 1 is 1.32 bits per heavy atom.